The van der Waals surface area contributed by atoms with Gasteiger partial charge in [0.25, 0.3) is 0 Å². The molecule has 1 atom stereocenters. The van der Waals surface area contributed by atoms with Crippen molar-refractivity contribution >= 4 is 0 Å². The molecule has 1 fully saturated rings. The maximum atomic E-state index is 5.71. The topological polar surface area (TPSA) is 39.5 Å². The molecule has 0 amide bonds. The second-order valence-corrected chi connectivity index (χ2v) is 10.6. The highest BCUT2D eigenvalue weighted by Gasteiger charge is 2.29. The van der Waals surface area contributed by atoms with Crippen LogP contribution < -0.4 is 9.47 Å². The van der Waals surface area contributed by atoms with Crippen LogP contribution in [0.2, 0.25) is 0 Å². The molecule has 5 heteroatoms. The summed E-state index contributed by atoms with van der Waals surface area (Å²) in [7, 11) is 3.38. The van der Waals surface area contributed by atoms with Gasteiger partial charge >= 0.3 is 0 Å². The first kappa shape index (κ1) is 28.0. The summed E-state index contributed by atoms with van der Waals surface area (Å²) in [5.74, 6) is 2.53. The minimum atomic E-state index is 0.408. The van der Waals surface area contributed by atoms with Crippen LogP contribution in [0.1, 0.15) is 68.5 Å². The number of aromatic nitrogens is 2. The number of hydrogen-bond acceptors (Lipinski definition) is 4. The molecule has 1 aliphatic rings. The lowest BCUT2D eigenvalue weighted by molar-refractivity contribution is 0.137. The summed E-state index contributed by atoms with van der Waals surface area (Å²) >= 11 is 0. The minimum absolute atomic E-state index is 0.408. The SMILES string of the molecule is CCc1cccc(CC)c1-c1nc(-c2ccc(OC)c(OC)c2)c(CN2CCCCC2c2ccccc2)n1CC. The maximum absolute atomic E-state index is 5.71. The van der Waals surface area contributed by atoms with Crippen molar-refractivity contribution in [3.8, 4) is 34.1 Å². The van der Waals surface area contributed by atoms with Gasteiger partial charge < -0.3 is 14.0 Å². The van der Waals surface area contributed by atoms with Crippen molar-refractivity contribution in [2.24, 2.45) is 0 Å². The van der Waals surface area contributed by atoms with E-state index in [9.17, 15) is 0 Å². The number of ether oxygens (including phenoxy) is 2. The number of methoxy groups -OCH3 is 2. The number of nitrogens with zero attached hydrogens (tertiary/aromatic N) is 3. The smallest absolute Gasteiger partial charge is 0.161 e. The zero-order chi connectivity index (χ0) is 28.1. The molecule has 0 bridgehead atoms. The molecule has 5 nitrogen and oxygen atoms in total. The van der Waals surface area contributed by atoms with Crippen LogP contribution in [0.15, 0.2) is 66.7 Å². The van der Waals surface area contributed by atoms with Crippen LogP contribution >= 0.6 is 0 Å². The Morgan fingerprint density at radius 1 is 0.825 bits per heavy atom. The minimum Gasteiger partial charge on any atom is -0.493 e. The Morgan fingerprint density at radius 3 is 2.20 bits per heavy atom. The summed E-state index contributed by atoms with van der Waals surface area (Å²) in [5, 5.41) is 0. The van der Waals surface area contributed by atoms with Gasteiger partial charge in [-0.3, -0.25) is 4.90 Å². The number of imidazole rings is 1. The van der Waals surface area contributed by atoms with E-state index in [0.29, 0.717) is 6.04 Å². The Bertz CT molecular complexity index is 1400. The molecule has 0 spiro atoms. The van der Waals surface area contributed by atoms with E-state index in [4.69, 9.17) is 14.5 Å². The quantitative estimate of drug-likeness (QED) is 0.205. The number of rotatable bonds is 10. The average Bonchev–Trinajstić information content (AvgIpc) is 3.38. The molecule has 0 radical (unpaired) electrons. The Labute approximate surface area is 239 Å². The first-order valence-corrected chi connectivity index (χ1v) is 14.8. The zero-order valence-electron chi connectivity index (χ0n) is 24.7. The molecule has 1 aromatic heterocycles. The molecule has 3 aromatic carbocycles. The van der Waals surface area contributed by atoms with E-state index in [0.717, 1.165) is 61.1 Å². The second kappa shape index (κ2) is 12.7. The number of hydrogen-bond donors (Lipinski definition) is 0. The fourth-order valence-corrected chi connectivity index (χ4v) is 6.35. The van der Waals surface area contributed by atoms with E-state index in [1.807, 2.05) is 6.07 Å². The van der Waals surface area contributed by atoms with Crippen molar-refractivity contribution in [3.05, 3.63) is 89.1 Å². The Kier molecular flexibility index (Phi) is 8.91. The van der Waals surface area contributed by atoms with Crippen molar-refractivity contribution in [2.75, 3.05) is 20.8 Å². The van der Waals surface area contributed by atoms with Gasteiger partial charge in [-0.25, -0.2) is 4.98 Å². The molecule has 0 aliphatic carbocycles. The molecule has 210 valence electrons. The van der Waals surface area contributed by atoms with E-state index < -0.39 is 0 Å². The van der Waals surface area contributed by atoms with E-state index in [2.05, 4.69) is 90.9 Å². The van der Waals surface area contributed by atoms with Crippen LogP contribution in [0, 0.1) is 0 Å². The van der Waals surface area contributed by atoms with Crippen molar-refractivity contribution in [1.82, 2.24) is 14.5 Å². The van der Waals surface area contributed by atoms with Crippen LogP contribution in [0.5, 0.6) is 11.5 Å². The standard InChI is InChI=1S/C35H43N3O2/c1-6-25-17-14-18-26(7-2)33(25)35-36-34(28-20-21-31(39-4)32(23-28)40-5)30(38(35)8-3)24-37-22-13-12-19-29(37)27-15-10-9-11-16-27/h9-11,14-18,20-21,23,29H,6-8,12-13,19,22,24H2,1-5H3. The van der Waals surface area contributed by atoms with Gasteiger partial charge in [-0.2, -0.15) is 0 Å². The molecular formula is C35H43N3O2. The van der Waals surface area contributed by atoms with E-state index in [1.165, 1.54) is 47.2 Å². The molecule has 1 saturated heterocycles. The van der Waals surface area contributed by atoms with Crippen LogP contribution in [-0.4, -0.2) is 35.2 Å². The summed E-state index contributed by atoms with van der Waals surface area (Å²) in [6, 6.07) is 24.3. The molecular weight excluding hydrogens is 494 g/mol. The van der Waals surface area contributed by atoms with E-state index in [1.54, 1.807) is 14.2 Å². The van der Waals surface area contributed by atoms with Crippen molar-refractivity contribution in [3.63, 3.8) is 0 Å². The van der Waals surface area contributed by atoms with Crippen LogP contribution in [0.25, 0.3) is 22.6 Å². The van der Waals surface area contributed by atoms with Gasteiger partial charge in [0.05, 0.1) is 25.6 Å². The predicted molar refractivity (Wildman–Crippen MR) is 164 cm³/mol. The fraction of sp³-hybridized carbons (Fsp3) is 0.400. The largest absolute Gasteiger partial charge is 0.493 e. The van der Waals surface area contributed by atoms with Crippen LogP contribution in [0.4, 0.5) is 0 Å². The molecule has 2 heterocycles. The third-order valence-corrected chi connectivity index (χ3v) is 8.42. The molecule has 1 aliphatic heterocycles. The predicted octanol–water partition coefficient (Wildman–Crippen LogP) is 8.11. The average molecular weight is 538 g/mol. The lowest BCUT2D eigenvalue weighted by Crippen LogP contribution is -2.33. The van der Waals surface area contributed by atoms with Gasteiger partial charge in [-0.05, 0) is 74.0 Å². The highest BCUT2D eigenvalue weighted by Crippen LogP contribution is 2.39. The van der Waals surface area contributed by atoms with Gasteiger partial charge in [0.1, 0.15) is 5.82 Å². The van der Waals surface area contributed by atoms with Gasteiger partial charge in [0.2, 0.25) is 0 Å². The molecule has 5 rings (SSSR count). The first-order chi connectivity index (χ1) is 19.6. The summed E-state index contributed by atoms with van der Waals surface area (Å²) in [5.41, 5.74) is 8.75. The van der Waals surface area contributed by atoms with Gasteiger partial charge in [-0.1, -0.05) is 68.8 Å². The number of piperidine rings is 1. The molecule has 40 heavy (non-hydrogen) atoms. The molecule has 0 N–H and O–H groups in total. The van der Waals surface area contributed by atoms with Crippen molar-refractivity contribution < 1.29 is 9.47 Å². The van der Waals surface area contributed by atoms with Crippen LogP contribution in [-0.2, 0) is 25.9 Å². The number of likely N-dealkylation sites (tertiary alicyclic amines) is 1. The third kappa shape index (κ3) is 5.40. The Hall–Kier alpha value is -3.57. The van der Waals surface area contributed by atoms with Crippen molar-refractivity contribution in [2.45, 2.75) is 72.0 Å². The third-order valence-electron chi connectivity index (χ3n) is 8.42. The Balaban J connectivity index is 1.70. The first-order valence-electron chi connectivity index (χ1n) is 14.8. The second-order valence-electron chi connectivity index (χ2n) is 10.6. The van der Waals surface area contributed by atoms with Gasteiger partial charge in [-0.15, -0.1) is 0 Å². The molecule has 4 aromatic rings. The summed E-state index contributed by atoms with van der Waals surface area (Å²) in [6.07, 6.45) is 5.62. The number of benzene rings is 3. The molecule has 0 saturated carbocycles. The van der Waals surface area contributed by atoms with Crippen LogP contribution in [0.3, 0.4) is 0 Å². The monoisotopic (exact) mass is 537 g/mol. The van der Waals surface area contributed by atoms with Crippen molar-refractivity contribution in [1.29, 1.82) is 0 Å². The lowest BCUT2D eigenvalue weighted by Gasteiger charge is -2.36. The molecule has 1 unspecified atom stereocenters. The highest BCUT2D eigenvalue weighted by molar-refractivity contribution is 5.73. The normalized spacial score (nSPS) is 15.8. The van der Waals surface area contributed by atoms with Gasteiger partial charge in [0.15, 0.2) is 11.5 Å². The summed E-state index contributed by atoms with van der Waals surface area (Å²) in [6.45, 7) is 9.52. The maximum Gasteiger partial charge on any atom is 0.161 e. The summed E-state index contributed by atoms with van der Waals surface area (Å²) < 4.78 is 13.7. The highest BCUT2D eigenvalue weighted by atomic mass is 16.5. The lowest BCUT2D eigenvalue weighted by atomic mass is 9.95. The van der Waals surface area contributed by atoms with Gasteiger partial charge in [0, 0.05) is 30.3 Å². The number of aryl methyl sites for hydroxylation is 2. The fourth-order valence-electron chi connectivity index (χ4n) is 6.35. The van der Waals surface area contributed by atoms with E-state index in [-0.39, 0.29) is 0 Å². The zero-order valence-corrected chi connectivity index (χ0v) is 24.7. The Morgan fingerprint density at radius 2 is 1.55 bits per heavy atom. The van der Waals surface area contributed by atoms with E-state index >= 15 is 0 Å². The summed E-state index contributed by atoms with van der Waals surface area (Å²) in [4.78, 5) is 8.14.